The van der Waals surface area contributed by atoms with Crippen LogP contribution in [0.2, 0.25) is 0 Å². The van der Waals surface area contributed by atoms with E-state index >= 15 is 0 Å². The molecule has 0 atom stereocenters. The van der Waals surface area contributed by atoms with Gasteiger partial charge in [-0.3, -0.25) is 0 Å². The predicted octanol–water partition coefficient (Wildman–Crippen LogP) is 8.44. The third-order valence-electron chi connectivity index (χ3n) is 5.17. The summed E-state index contributed by atoms with van der Waals surface area (Å²) in [5.41, 5.74) is 0.202. The summed E-state index contributed by atoms with van der Waals surface area (Å²) in [5.74, 6) is -0.460. The smallest absolute Gasteiger partial charge is 0.336 e. The molecule has 0 aliphatic rings. The van der Waals surface area contributed by atoms with Crippen LogP contribution in [-0.4, -0.2) is 12.6 Å². The highest BCUT2D eigenvalue weighted by molar-refractivity contribution is 5.88. The topological polar surface area (TPSA) is 26.3 Å². The van der Waals surface area contributed by atoms with Gasteiger partial charge < -0.3 is 4.74 Å². The minimum atomic E-state index is -0.460. The summed E-state index contributed by atoms with van der Waals surface area (Å²) in [6.45, 7) is 4.86. The molecule has 0 aliphatic carbocycles. The molecule has 2 nitrogen and oxygen atoms in total. The van der Waals surface area contributed by atoms with Gasteiger partial charge in [0.1, 0.15) is 0 Å². The number of carbonyl (C=O) groups is 1. The van der Waals surface area contributed by atoms with Gasteiger partial charge in [0.05, 0.1) is 18.5 Å². The Hall–Kier alpha value is -0.860. The molecule has 0 amide bonds. The number of esters is 1. The van der Waals surface area contributed by atoms with E-state index in [1.807, 2.05) is 0 Å². The first-order chi connectivity index (χ1) is 13.3. The Kier molecular flexibility index (Phi) is 20.8. The third-order valence-corrected chi connectivity index (χ3v) is 5.17. The lowest BCUT2D eigenvalue weighted by Crippen LogP contribution is -2.09. The fraction of sp³-hybridized carbons (Fsp3) is 0.875. The molecule has 0 radical (unpaired) electrons. The fourth-order valence-corrected chi connectivity index (χ4v) is 3.32. The number of hydrogen-bond donors (Lipinski definition) is 0. The number of halogens is 1. The van der Waals surface area contributed by atoms with E-state index in [2.05, 4.69) is 13.8 Å². The van der Waals surface area contributed by atoms with Crippen molar-refractivity contribution in [3.63, 3.8) is 0 Å². The number of carbonyl (C=O) groups excluding carboxylic acids is 1. The first kappa shape index (κ1) is 26.1. The van der Waals surface area contributed by atoms with Crippen molar-refractivity contribution in [3.05, 3.63) is 11.9 Å². The molecule has 0 bridgehead atoms. The van der Waals surface area contributed by atoms with E-state index in [0.717, 1.165) is 25.7 Å². The molecule has 0 aliphatic heterocycles. The fourth-order valence-electron chi connectivity index (χ4n) is 3.32. The molecule has 0 rings (SSSR count). The van der Waals surface area contributed by atoms with Crippen LogP contribution in [0.4, 0.5) is 4.39 Å². The normalized spacial score (nSPS) is 11.7. The zero-order chi connectivity index (χ0) is 20.0. The quantitative estimate of drug-likeness (QED) is 0.119. The van der Waals surface area contributed by atoms with Crippen molar-refractivity contribution in [2.45, 2.75) is 129 Å². The minimum absolute atomic E-state index is 0.202. The average Bonchev–Trinajstić information content (AvgIpc) is 2.68. The highest BCUT2D eigenvalue weighted by Gasteiger charge is 2.11. The summed E-state index contributed by atoms with van der Waals surface area (Å²) >= 11 is 0. The van der Waals surface area contributed by atoms with Crippen LogP contribution in [0, 0.1) is 0 Å². The maximum Gasteiger partial charge on any atom is 0.336 e. The van der Waals surface area contributed by atoms with Gasteiger partial charge in [0.25, 0.3) is 0 Å². The molecule has 0 spiro atoms. The van der Waals surface area contributed by atoms with Gasteiger partial charge in [-0.25, -0.2) is 9.18 Å². The Bertz CT molecular complexity index is 352. The van der Waals surface area contributed by atoms with Gasteiger partial charge in [-0.05, 0) is 19.3 Å². The Morgan fingerprint density at radius 1 is 0.667 bits per heavy atom. The number of rotatable bonds is 20. The monoisotopic (exact) mass is 384 g/mol. The minimum Gasteiger partial charge on any atom is -0.462 e. The Morgan fingerprint density at radius 3 is 1.52 bits per heavy atom. The molecular weight excluding hydrogens is 339 g/mol. The van der Waals surface area contributed by atoms with Gasteiger partial charge >= 0.3 is 5.97 Å². The van der Waals surface area contributed by atoms with Gasteiger partial charge in [-0.1, -0.05) is 110 Å². The van der Waals surface area contributed by atoms with Crippen molar-refractivity contribution < 1.29 is 13.9 Å². The molecule has 0 saturated carbocycles. The standard InChI is InChI=1S/C24H45FO2/c1-3-5-7-9-11-12-13-14-15-17-19-21-27-24(26)23(22-25)20-18-16-10-8-6-4-2/h22H,3-21H2,1-2H3. The lowest BCUT2D eigenvalue weighted by atomic mass is 10.1. The summed E-state index contributed by atoms with van der Waals surface area (Å²) < 4.78 is 18.1. The van der Waals surface area contributed by atoms with E-state index in [1.165, 1.54) is 83.5 Å². The van der Waals surface area contributed by atoms with E-state index in [1.54, 1.807) is 0 Å². The lowest BCUT2D eigenvalue weighted by Gasteiger charge is -2.07. The van der Waals surface area contributed by atoms with E-state index in [-0.39, 0.29) is 5.57 Å². The third kappa shape index (κ3) is 18.3. The zero-order valence-corrected chi connectivity index (χ0v) is 18.2. The highest BCUT2D eigenvalue weighted by atomic mass is 19.1. The Balaban J connectivity index is 3.47. The van der Waals surface area contributed by atoms with E-state index in [4.69, 9.17) is 4.74 Å². The van der Waals surface area contributed by atoms with Crippen LogP contribution in [0.5, 0.6) is 0 Å². The van der Waals surface area contributed by atoms with Crippen LogP contribution >= 0.6 is 0 Å². The van der Waals surface area contributed by atoms with Crippen molar-refractivity contribution >= 4 is 5.97 Å². The molecule has 3 heteroatoms. The molecule has 27 heavy (non-hydrogen) atoms. The highest BCUT2D eigenvalue weighted by Crippen LogP contribution is 2.14. The molecule has 0 aromatic carbocycles. The molecule has 0 heterocycles. The van der Waals surface area contributed by atoms with Gasteiger partial charge in [0.2, 0.25) is 0 Å². The molecule has 0 saturated heterocycles. The van der Waals surface area contributed by atoms with Crippen LogP contribution in [0.1, 0.15) is 129 Å². The van der Waals surface area contributed by atoms with E-state index in [9.17, 15) is 9.18 Å². The second-order valence-corrected chi connectivity index (χ2v) is 7.82. The first-order valence-electron chi connectivity index (χ1n) is 11.7. The van der Waals surface area contributed by atoms with Gasteiger partial charge in [0, 0.05) is 0 Å². The molecule has 0 aromatic rings. The van der Waals surface area contributed by atoms with Crippen LogP contribution in [-0.2, 0) is 9.53 Å². The predicted molar refractivity (Wildman–Crippen MR) is 115 cm³/mol. The second kappa shape index (κ2) is 21.4. The van der Waals surface area contributed by atoms with Crippen LogP contribution in [0.15, 0.2) is 11.9 Å². The largest absolute Gasteiger partial charge is 0.462 e. The van der Waals surface area contributed by atoms with Gasteiger partial charge in [-0.2, -0.15) is 0 Å². The zero-order valence-electron chi connectivity index (χ0n) is 18.2. The molecule has 0 aromatic heterocycles. The van der Waals surface area contributed by atoms with Gasteiger partial charge in [-0.15, -0.1) is 0 Å². The summed E-state index contributed by atoms with van der Waals surface area (Å²) in [5, 5.41) is 0. The van der Waals surface area contributed by atoms with Crippen molar-refractivity contribution in [3.8, 4) is 0 Å². The van der Waals surface area contributed by atoms with Crippen molar-refractivity contribution in [1.82, 2.24) is 0 Å². The maximum absolute atomic E-state index is 12.9. The summed E-state index contributed by atoms with van der Waals surface area (Å²) in [4.78, 5) is 11.9. The van der Waals surface area contributed by atoms with Crippen LogP contribution in [0.3, 0.4) is 0 Å². The van der Waals surface area contributed by atoms with Crippen LogP contribution < -0.4 is 0 Å². The summed E-state index contributed by atoms with van der Waals surface area (Å²) in [6.07, 6.45) is 21.7. The Labute approximate surface area is 168 Å². The molecule has 0 N–H and O–H groups in total. The average molecular weight is 385 g/mol. The molecule has 0 unspecified atom stereocenters. The van der Waals surface area contributed by atoms with Crippen molar-refractivity contribution in [2.24, 2.45) is 0 Å². The van der Waals surface area contributed by atoms with E-state index in [0.29, 0.717) is 19.4 Å². The molecule has 160 valence electrons. The SMILES string of the molecule is CCCCCCCCCCCCCOC(=O)C(=CF)CCCCCCCC. The van der Waals surface area contributed by atoms with Crippen molar-refractivity contribution in [2.75, 3.05) is 6.61 Å². The number of ether oxygens (including phenoxy) is 1. The van der Waals surface area contributed by atoms with Crippen molar-refractivity contribution in [1.29, 1.82) is 0 Å². The summed E-state index contributed by atoms with van der Waals surface area (Å²) in [6, 6.07) is 0. The molecular formula is C24H45FO2. The number of unbranched alkanes of at least 4 members (excludes halogenated alkanes) is 15. The van der Waals surface area contributed by atoms with E-state index < -0.39 is 5.97 Å². The summed E-state index contributed by atoms with van der Waals surface area (Å²) in [7, 11) is 0. The van der Waals surface area contributed by atoms with Gasteiger partial charge in [0.15, 0.2) is 0 Å². The Morgan fingerprint density at radius 2 is 1.07 bits per heavy atom. The maximum atomic E-state index is 12.9. The number of hydrogen-bond acceptors (Lipinski definition) is 2. The first-order valence-corrected chi connectivity index (χ1v) is 11.7. The second-order valence-electron chi connectivity index (χ2n) is 7.82. The van der Waals surface area contributed by atoms with Crippen LogP contribution in [0.25, 0.3) is 0 Å². The molecule has 0 fully saturated rings. The lowest BCUT2D eigenvalue weighted by molar-refractivity contribution is -0.139.